The molecule has 0 aromatic rings. The van der Waals surface area contributed by atoms with Crippen molar-refractivity contribution in [3.05, 3.63) is 0 Å². The second-order valence-corrected chi connectivity index (χ2v) is 4.03. The van der Waals surface area contributed by atoms with Crippen LogP contribution in [0, 0.1) is 0 Å². The molecule has 1 saturated heterocycles. The molecule has 1 fully saturated rings. The van der Waals surface area contributed by atoms with E-state index in [1.807, 2.05) is 0 Å². The Hall–Kier alpha value is -1.13. The van der Waals surface area contributed by atoms with Crippen LogP contribution in [-0.2, 0) is 9.59 Å². The standard InChI is InChI=1S/C9H15FN2O2/c1-9(2,10)8(14)12-5-3-4-6(12)7(11)13/h6H,3-5H2,1-2H3,(H2,11,13). The van der Waals surface area contributed by atoms with Gasteiger partial charge in [0, 0.05) is 6.54 Å². The predicted molar refractivity (Wildman–Crippen MR) is 49.1 cm³/mol. The minimum atomic E-state index is -1.93. The first-order valence-corrected chi connectivity index (χ1v) is 4.63. The number of carbonyl (C=O) groups is 2. The van der Waals surface area contributed by atoms with Crippen molar-refractivity contribution in [3.63, 3.8) is 0 Å². The van der Waals surface area contributed by atoms with E-state index in [1.54, 1.807) is 0 Å². The second kappa shape index (κ2) is 3.55. The number of amides is 2. The molecule has 1 aliphatic heterocycles. The Bertz CT molecular complexity index is 260. The van der Waals surface area contributed by atoms with Crippen LogP contribution in [0.1, 0.15) is 26.7 Å². The van der Waals surface area contributed by atoms with Crippen LogP contribution in [0.15, 0.2) is 0 Å². The first-order valence-electron chi connectivity index (χ1n) is 4.63. The molecule has 2 amide bonds. The summed E-state index contributed by atoms with van der Waals surface area (Å²) in [6.45, 7) is 2.79. The molecule has 1 heterocycles. The van der Waals surface area contributed by atoms with Gasteiger partial charge >= 0.3 is 0 Å². The minimum Gasteiger partial charge on any atom is -0.368 e. The summed E-state index contributed by atoms with van der Waals surface area (Å²) in [4.78, 5) is 23.7. The Morgan fingerprint density at radius 3 is 2.50 bits per heavy atom. The third-order valence-electron chi connectivity index (χ3n) is 2.35. The summed E-state index contributed by atoms with van der Waals surface area (Å²) in [6, 6.07) is -0.627. The van der Waals surface area contributed by atoms with Crippen LogP contribution in [0.2, 0.25) is 0 Å². The maximum absolute atomic E-state index is 13.3. The van der Waals surface area contributed by atoms with E-state index in [0.717, 1.165) is 0 Å². The molecule has 0 aromatic carbocycles. The summed E-state index contributed by atoms with van der Waals surface area (Å²) in [5.74, 6) is -1.21. The van der Waals surface area contributed by atoms with Crippen LogP contribution in [-0.4, -0.2) is 35.0 Å². The monoisotopic (exact) mass is 202 g/mol. The Labute approximate surface area is 82.2 Å². The number of nitrogens with zero attached hydrogens (tertiary/aromatic N) is 1. The maximum atomic E-state index is 13.3. The van der Waals surface area contributed by atoms with Crippen LogP contribution in [0.4, 0.5) is 4.39 Å². The predicted octanol–water partition coefficient (Wildman–Crippen LogP) is 0.211. The van der Waals surface area contributed by atoms with E-state index in [9.17, 15) is 14.0 Å². The number of nitrogens with two attached hydrogens (primary N) is 1. The molecule has 1 rings (SSSR count). The molecule has 1 unspecified atom stereocenters. The van der Waals surface area contributed by atoms with E-state index in [0.29, 0.717) is 19.4 Å². The number of hydrogen-bond acceptors (Lipinski definition) is 2. The third-order valence-corrected chi connectivity index (χ3v) is 2.35. The fourth-order valence-corrected chi connectivity index (χ4v) is 1.65. The highest BCUT2D eigenvalue weighted by atomic mass is 19.1. The van der Waals surface area contributed by atoms with Gasteiger partial charge in [-0.3, -0.25) is 9.59 Å². The fourth-order valence-electron chi connectivity index (χ4n) is 1.65. The third kappa shape index (κ3) is 2.02. The van der Waals surface area contributed by atoms with Crippen molar-refractivity contribution >= 4 is 11.8 Å². The lowest BCUT2D eigenvalue weighted by Crippen LogP contribution is -2.49. The van der Waals surface area contributed by atoms with Gasteiger partial charge in [0.05, 0.1) is 0 Å². The van der Waals surface area contributed by atoms with E-state index in [1.165, 1.54) is 18.7 Å². The van der Waals surface area contributed by atoms with Gasteiger partial charge in [0.1, 0.15) is 6.04 Å². The number of rotatable bonds is 2. The normalized spacial score (nSPS) is 22.5. The van der Waals surface area contributed by atoms with Gasteiger partial charge in [0.25, 0.3) is 5.91 Å². The van der Waals surface area contributed by atoms with Crippen molar-refractivity contribution in [1.29, 1.82) is 0 Å². The summed E-state index contributed by atoms with van der Waals surface area (Å²) in [5.41, 5.74) is 3.18. The van der Waals surface area contributed by atoms with Gasteiger partial charge in [-0.2, -0.15) is 0 Å². The molecule has 14 heavy (non-hydrogen) atoms. The summed E-state index contributed by atoms with van der Waals surface area (Å²) >= 11 is 0. The average Bonchev–Trinajstić information content (AvgIpc) is 2.48. The van der Waals surface area contributed by atoms with Crippen molar-refractivity contribution < 1.29 is 14.0 Å². The first kappa shape index (κ1) is 10.9. The molecule has 0 bridgehead atoms. The highest BCUT2D eigenvalue weighted by Gasteiger charge is 2.39. The highest BCUT2D eigenvalue weighted by molar-refractivity contribution is 5.90. The zero-order valence-corrected chi connectivity index (χ0v) is 8.42. The summed E-state index contributed by atoms with van der Waals surface area (Å²) in [5, 5.41) is 0. The van der Waals surface area contributed by atoms with E-state index >= 15 is 0 Å². The minimum absolute atomic E-state index is 0.416. The Balaban J connectivity index is 2.77. The molecule has 5 heteroatoms. The molecule has 0 aromatic heterocycles. The fraction of sp³-hybridized carbons (Fsp3) is 0.778. The molecule has 2 N–H and O–H groups in total. The summed E-state index contributed by atoms with van der Waals surface area (Å²) in [6.07, 6.45) is 1.24. The SMILES string of the molecule is CC(C)(F)C(=O)N1CCCC1C(N)=O. The average molecular weight is 202 g/mol. The smallest absolute Gasteiger partial charge is 0.260 e. The number of primary amides is 1. The number of alkyl halides is 1. The van der Waals surface area contributed by atoms with E-state index in [2.05, 4.69) is 0 Å². The molecule has 4 nitrogen and oxygen atoms in total. The lowest BCUT2D eigenvalue weighted by molar-refractivity contribution is -0.145. The first-order chi connectivity index (χ1) is 6.34. The number of likely N-dealkylation sites (tertiary alicyclic amines) is 1. The van der Waals surface area contributed by atoms with E-state index < -0.39 is 23.5 Å². The number of halogens is 1. The Morgan fingerprint density at radius 2 is 2.07 bits per heavy atom. The van der Waals surface area contributed by atoms with Gasteiger partial charge < -0.3 is 10.6 Å². The van der Waals surface area contributed by atoms with Crippen molar-refractivity contribution in [3.8, 4) is 0 Å². The van der Waals surface area contributed by atoms with Crippen LogP contribution < -0.4 is 5.73 Å². The molecule has 0 aliphatic carbocycles. The highest BCUT2D eigenvalue weighted by Crippen LogP contribution is 2.22. The summed E-state index contributed by atoms with van der Waals surface area (Å²) in [7, 11) is 0. The van der Waals surface area contributed by atoms with Gasteiger partial charge in [-0.15, -0.1) is 0 Å². The van der Waals surface area contributed by atoms with Gasteiger partial charge in [0.2, 0.25) is 5.91 Å². The van der Waals surface area contributed by atoms with Crippen LogP contribution in [0.25, 0.3) is 0 Å². The molecule has 0 spiro atoms. The van der Waals surface area contributed by atoms with E-state index in [4.69, 9.17) is 5.73 Å². The quantitative estimate of drug-likeness (QED) is 0.695. The Kier molecular flexibility index (Phi) is 2.78. The summed E-state index contributed by atoms with van der Waals surface area (Å²) < 4.78 is 13.3. The Morgan fingerprint density at radius 1 is 1.50 bits per heavy atom. The number of hydrogen-bond donors (Lipinski definition) is 1. The topological polar surface area (TPSA) is 63.4 Å². The van der Waals surface area contributed by atoms with Crippen molar-refractivity contribution in [2.24, 2.45) is 5.73 Å². The molecular weight excluding hydrogens is 187 g/mol. The van der Waals surface area contributed by atoms with Crippen molar-refractivity contribution in [2.45, 2.75) is 38.4 Å². The van der Waals surface area contributed by atoms with Gasteiger partial charge in [-0.1, -0.05) is 0 Å². The van der Waals surface area contributed by atoms with Crippen molar-refractivity contribution in [2.75, 3.05) is 6.54 Å². The molecule has 1 atom stereocenters. The maximum Gasteiger partial charge on any atom is 0.260 e. The molecule has 80 valence electrons. The molecular formula is C9H15FN2O2. The van der Waals surface area contributed by atoms with Crippen LogP contribution >= 0.6 is 0 Å². The second-order valence-electron chi connectivity index (χ2n) is 4.03. The van der Waals surface area contributed by atoms with Gasteiger partial charge in [0.15, 0.2) is 5.67 Å². The van der Waals surface area contributed by atoms with Crippen molar-refractivity contribution in [1.82, 2.24) is 4.90 Å². The lowest BCUT2D eigenvalue weighted by Gasteiger charge is -2.26. The largest absolute Gasteiger partial charge is 0.368 e. The van der Waals surface area contributed by atoms with Crippen LogP contribution in [0.3, 0.4) is 0 Å². The zero-order chi connectivity index (χ0) is 10.9. The van der Waals surface area contributed by atoms with Gasteiger partial charge in [-0.05, 0) is 26.7 Å². The van der Waals surface area contributed by atoms with Gasteiger partial charge in [-0.25, -0.2) is 4.39 Å². The number of carbonyl (C=O) groups excluding carboxylic acids is 2. The van der Waals surface area contributed by atoms with Crippen LogP contribution in [0.5, 0.6) is 0 Å². The molecule has 0 radical (unpaired) electrons. The molecule has 0 saturated carbocycles. The molecule has 1 aliphatic rings. The van der Waals surface area contributed by atoms with E-state index in [-0.39, 0.29) is 0 Å². The lowest BCUT2D eigenvalue weighted by atomic mass is 10.1. The zero-order valence-electron chi connectivity index (χ0n) is 8.42.